The summed E-state index contributed by atoms with van der Waals surface area (Å²) in [6.07, 6.45) is 5.33. The molecule has 0 N–H and O–H groups in total. The highest BCUT2D eigenvalue weighted by Gasteiger charge is 2.24. The molecule has 0 saturated carbocycles. The van der Waals surface area contributed by atoms with Crippen molar-refractivity contribution in [3.8, 4) is 0 Å². The number of aromatic nitrogens is 2. The third kappa shape index (κ3) is 3.35. The van der Waals surface area contributed by atoms with Crippen molar-refractivity contribution >= 4 is 15.9 Å². The first kappa shape index (κ1) is 14.1. The third-order valence-corrected chi connectivity index (χ3v) is 4.38. The van der Waals surface area contributed by atoms with Gasteiger partial charge in [-0.1, -0.05) is 15.9 Å². The van der Waals surface area contributed by atoms with Crippen molar-refractivity contribution in [1.82, 2.24) is 14.7 Å². The molecular weight excluding hydrogens is 290 g/mol. The van der Waals surface area contributed by atoms with E-state index in [-0.39, 0.29) is 0 Å². The average molecular weight is 314 g/mol. The van der Waals surface area contributed by atoms with Crippen molar-refractivity contribution in [2.75, 3.05) is 11.9 Å². The number of hydrogen-bond acceptors (Lipinski definition) is 2. The molecular formula is C14H24BrN3. The predicted molar refractivity (Wildman–Crippen MR) is 79.1 cm³/mol. The first-order valence-corrected chi connectivity index (χ1v) is 8.20. The first-order valence-electron chi connectivity index (χ1n) is 7.08. The lowest BCUT2D eigenvalue weighted by atomic mass is 10.1. The normalized spacial score (nSPS) is 20.7. The van der Waals surface area contributed by atoms with Crippen LogP contribution in [0.4, 0.5) is 0 Å². The van der Waals surface area contributed by atoms with E-state index in [9.17, 15) is 0 Å². The van der Waals surface area contributed by atoms with Gasteiger partial charge in [0.25, 0.3) is 0 Å². The predicted octanol–water partition coefficient (Wildman–Crippen LogP) is 3.35. The molecule has 1 aliphatic heterocycles. The largest absolute Gasteiger partial charge is 0.295 e. The lowest BCUT2D eigenvalue weighted by Gasteiger charge is -2.24. The summed E-state index contributed by atoms with van der Waals surface area (Å²) in [4.78, 5) is 2.64. The summed E-state index contributed by atoms with van der Waals surface area (Å²) in [5.74, 6) is 0. The van der Waals surface area contributed by atoms with Gasteiger partial charge in [-0.15, -0.1) is 0 Å². The highest BCUT2D eigenvalue weighted by molar-refractivity contribution is 9.09. The van der Waals surface area contributed by atoms with Gasteiger partial charge in [-0.3, -0.25) is 9.58 Å². The molecule has 0 aromatic carbocycles. The van der Waals surface area contributed by atoms with E-state index in [1.165, 1.54) is 37.9 Å². The quantitative estimate of drug-likeness (QED) is 0.751. The summed E-state index contributed by atoms with van der Waals surface area (Å²) in [6.45, 7) is 7.55. The second-order valence-electron chi connectivity index (χ2n) is 5.19. The van der Waals surface area contributed by atoms with E-state index in [1.54, 1.807) is 0 Å². The Bertz CT molecular complexity index is 375. The van der Waals surface area contributed by atoms with Gasteiger partial charge in [0, 0.05) is 24.5 Å². The van der Waals surface area contributed by atoms with Crippen LogP contribution in [0, 0.1) is 6.92 Å². The fourth-order valence-electron chi connectivity index (χ4n) is 2.95. The van der Waals surface area contributed by atoms with Gasteiger partial charge >= 0.3 is 0 Å². The second-order valence-corrected chi connectivity index (χ2v) is 5.98. The zero-order chi connectivity index (χ0) is 13.0. The van der Waals surface area contributed by atoms with Gasteiger partial charge < -0.3 is 0 Å². The molecule has 0 amide bonds. The summed E-state index contributed by atoms with van der Waals surface area (Å²) >= 11 is 3.54. The van der Waals surface area contributed by atoms with Crippen molar-refractivity contribution in [2.45, 2.75) is 58.7 Å². The zero-order valence-electron chi connectivity index (χ0n) is 11.5. The van der Waals surface area contributed by atoms with Crippen LogP contribution in [0.3, 0.4) is 0 Å². The second kappa shape index (κ2) is 6.71. The zero-order valence-corrected chi connectivity index (χ0v) is 13.1. The van der Waals surface area contributed by atoms with Gasteiger partial charge in [0.1, 0.15) is 0 Å². The first-order chi connectivity index (χ1) is 8.74. The van der Waals surface area contributed by atoms with E-state index in [0.717, 1.165) is 30.2 Å². The fourth-order valence-corrected chi connectivity index (χ4v) is 3.28. The molecule has 1 fully saturated rings. The summed E-state index contributed by atoms with van der Waals surface area (Å²) in [7, 11) is 0. The van der Waals surface area contributed by atoms with Gasteiger partial charge in [0.15, 0.2) is 0 Å². The summed E-state index contributed by atoms with van der Waals surface area (Å²) in [5.41, 5.74) is 2.52. The number of rotatable bonds is 6. The minimum absolute atomic E-state index is 0.781. The van der Waals surface area contributed by atoms with Crippen LogP contribution in [0.25, 0.3) is 0 Å². The Morgan fingerprint density at radius 1 is 1.50 bits per heavy atom. The van der Waals surface area contributed by atoms with Crippen LogP contribution >= 0.6 is 15.9 Å². The molecule has 0 spiro atoms. The molecule has 1 unspecified atom stereocenters. The minimum Gasteiger partial charge on any atom is -0.295 e. The van der Waals surface area contributed by atoms with E-state index >= 15 is 0 Å². The van der Waals surface area contributed by atoms with Crippen molar-refractivity contribution in [3.63, 3.8) is 0 Å². The molecule has 4 heteroatoms. The Morgan fingerprint density at radius 2 is 2.33 bits per heavy atom. The summed E-state index contributed by atoms with van der Waals surface area (Å²) in [5, 5.41) is 5.67. The number of likely N-dealkylation sites (tertiary alicyclic amines) is 1. The summed E-state index contributed by atoms with van der Waals surface area (Å²) in [6, 6.07) is 3.02. The molecule has 102 valence electrons. The Balaban J connectivity index is 1.98. The van der Waals surface area contributed by atoms with E-state index < -0.39 is 0 Å². The monoisotopic (exact) mass is 313 g/mol. The van der Waals surface area contributed by atoms with Gasteiger partial charge in [-0.25, -0.2) is 0 Å². The summed E-state index contributed by atoms with van der Waals surface area (Å²) < 4.78 is 2.15. The number of halogens is 1. The maximum Gasteiger partial charge on any atom is 0.0597 e. The topological polar surface area (TPSA) is 21.1 Å². The number of aryl methyl sites for hydroxylation is 2. The molecule has 1 aromatic heterocycles. The smallest absolute Gasteiger partial charge is 0.0597 e. The highest BCUT2D eigenvalue weighted by Crippen LogP contribution is 2.24. The van der Waals surface area contributed by atoms with Crippen LogP contribution in [-0.2, 0) is 13.1 Å². The molecule has 2 heterocycles. The Hall–Kier alpha value is -0.350. The van der Waals surface area contributed by atoms with E-state index in [2.05, 4.69) is 50.5 Å². The molecule has 1 atom stereocenters. The van der Waals surface area contributed by atoms with Crippen LogP contribution in [0.5, 0.6) is 0 Å². The van der Waals surface area contributed by atoms with Crippen LogP contribution < -0.4 is 0 Å². The van der Waals surface area contributed by atoms with Gasteiger partial charge in [0.2, 0.25) is 0 Å². The van der Waals surface area contributed by atoms with Gasteiger partial charge in [-0.05, 0) is 52.1 Å². The third-order valence-electron chi connectivity index (χ3n) is 3.82. The van der Waals surface area contributed by atoms with Gasteiger partial charge in [-0.2, -0.15) is 5.10 Å². The SMILES string of the molecule is CCn1nc(C)cc1CN1CCCC1CCCBr. The van der Waals surface area contributed by atoms with E-state index in [1.807, 2.05) is 0 Å². The molecule has 0 bridgehead atoms. The average Bonchev–Trinajstić information content (AvgIpc) is 2.94. The lowest BCUT2D eigenvalue weighted by Crippen LogP contribution is -2.30. The van der Waals surface area contributed by atoms with Crippen LogP contribution in [0.2, 0.25) is 0 Å². The number of alkyl halides is 1. The lowest BCUT2D eigenvalue weighted by molar-refractivity contribution is 0.227. The van der Waals surface area contributed by atoms with E-state index in [0.29, 0.717) is 0 Å². The number of hydrogen-bond donors (Lipinski definition) is 0. The standard InChI is InChI=1S/C14H24BrN3/c1-3-18-14(10-12(2)16-18)11-17-9-5-7-13(17)6-4-8-15/h10,13H,3-9,11H2,1-2H3. The Labute approximate surface area is 119 Å². The molecule has 3 nitrogen and oxygen atoms in total. The Morgan fingerprint density at radius 3 is 3.06 bits per heavy atom. The number of nitrogens with zero attached hydrogens (tertiary/aromatic N) is 3. The van der Waals surface area contributed by atoms with Crippen molar-refractivity contribution in [1.29, 1.82) is 0 Å². The molecule has 1 saturated heterocycles. The van der Waals surface area contributed by atoms with Gasteiger partial charge in [0.05, 0.1) is 11.4 Å². The molecule has 2 rings (SSSR count). The minimum atomic E-state index is 0.781. The van der Waals surface area contributed by atoms with Crippen molar-refractivity contribution in [3.05, 3.63) is 17.5 Å². The Kier molecular flexibility index (Phi) is 5.25. The van der Waals surface area contributed by atoms with Crippen molar-refractivity contribution < 1.29 is 0 Å². The highest BCUT2D eigenvalue weighted by atomic mass is 79.9. The maximum atomic E-state index is 4.54. The fraction of sp³-hybridized carbons (Fsp3) is 0.786. The molecule has 0 radical (unpaired) electrons. The van der Waals surface area contributed by atoms with Crippen LogP contribution in [0.1, 0.15) is 44.0 Å². The molecule has 0 aliphatic carbocycles. The molecule has 1 aromatic rings. The molecule has 1 aliphatic rings. The van der Waals surface area contributed by atoms with Crippen LogP contribution in [-0.4, -0.2) is 32.6 Å². The maximum absolute atomic E-state index is 4.54. The van der Waals surface area contributed by atoms with Crippen molar-refractivity contribution in [2.24, 2.45) is 0 Å². The van der Waals surface area contributed by atoms with E-state index in [4.69, 9.17) is 0 Å². The molecule has 18 heavy (non-hydrogen) atoms. The van der Waals surface area contributed by atoms with Crippen LogP contribution in [0.15, 0.2) is 6.07 Å².